The van der Waals surface area contributed by atoms with Gasteiger partial charge in [0.05, 0.1) is 12.2 Å². The molecule has 7 heteroatoms. The predicted octanol–water partition coefficient (Wildman–Crippen LogP) is 3.22. The maximum atomic E-state index is 12.3. The molecule has 0 aliphatic heterocycles. The molecule has 0 aliphatic rings. The summed E-state index contributed by atoms with van der Waals surface area (Å²) in [6.45, 7) is 8.66. The number of anilines is 1. The van der Waals surface area contributed by atoms with Gasteiger partial charge in [-0.05, 0) is 51.8 Å². The van der Waals surface area contributed by atoms with Crippen LogP contribution in [0, 0.1) is 27.7 Å². The number of hydrogen-bond acceptors (Lipinski definition) is 5. The molecule has 0 bridgehead atoms. The molecule has 0 unspecified atom stereocenters. The Bertz CT molecular complexity index is 883. The number of H-pyrrole nitrogens is 1. The highest BCUT2D eigenvalue weighted by Crippen LogP contribution is 2.20. The summed E-state index contributed by atoms with van der Waals surface area (Å²) >= 11 is 0. The third-order valence-corrected chi connectivity index (χ3v) is 4.11. The lowest BCUT2D eigenvalue weighted by atomic mass is 10.1. The molecule has 1 aromatic heterocycles. The number of benzene rings is 1. The summed E-state index contributed by atoms with van der Waals surface area (Å²) in [5.41, 5.74) is 4.07. The maximum Gasteiger partial charge on any atom is 0.355 e. The Morgan fingerprint density at radius 1 is 1.04 bits per heavy atom. The van der Waals surface area contributed by atoms with E-state index in [0.717, 1.165) is 11.1 Å². The summed E-state index contributed by atoms with van der Waals surface area (Å²) in [7, 11) is 0. The highest BCUT2D eigenvalue weighted by Gasteiger charge is 2.24. The van der Waals surface area contributed by atoms with E-state index in [9.17, 15) is 14.4 Å². The first-order chi connectivity index (χ1) is 12.7. The van der Waals surface area contributed by atoms with Gasteiger partial charge in [-0.25, -0.2) is 9.59 Å². The van der Waals surface area contributed by atoms with Crippen molar-refractivity contribution >= 4 is 23.5 Å². The van der Waals surface area contributed by atoms with E-state index in [4.69, 9.17) is 9.47 Å². The van der Waals surface area contributed by atoms with Crippen molar-refractivity contribution in [1.29, 1.82) is 0 Å². The summed E-state index contributed by atoms with van der Waals surface area (Å²) in [6, 6.07) is 5.63. The molecule has 0 saturated carbocycles. The van der Waals surface area contributed by atoms with Crippen LogP contribution in [0.1, 0.15) is 50.2 Å². The molecule has 2 rings (SSSR count). The fraction of sp³-hybridized carbons (Fsp3) is 0.350. The number of aromatic amines is 1. The van der Waals surface area contributed by atoms with Crippen molar-refractivity contribution in [2.24, 2.45) is 0 Å². The Labute approximate surface area is 158 Å². The molecule has 0 radical (unpaired) electrons. The Hall–Kier alpha value is -3.09. The standard InChI is InChI=1S/C20H24N2O5/c1-6-26-19(24)17-13(4)18(21-14(17)5)20(25)27-10-16(23)22-15-8-7-11(2)9-12(15)3/h7-9,21H,6,10H2,1-5H3,(H,22,23). The number of esters is 2. The van der Waals surface area contributed by atoms with Gasteiger partial charge in [-0.2, -0.15) is 0 Å². The van der Waals surface area contributed by atoms with Crippen molar-refractivity contribution in [3.63, 3.8) is 0 Å². The zero-order valence-electron chi connectivity index (χ0n) is 16.2. The molecule has 0 aliphatic carbocycles. The molecule has 7 nitrogen and oxygen atoms in total. The van der Waals surface area contributed by atoms with E-state index in [1.165, 1.54) is 0 Å². The predicted molar refractivity (Wildman–Crippen MR) is 101 cm³/mol. The van der Waals surface area contributed by atoms with Crippen LogP contribution in [0.25, 0.3) is 0 Å². The molecule has 1 heterocycles. The SMILES string of the molecule is CCOC(=O)c1c(C)[nH]c(C(=O)OCC(=O)Nc2ccc(C)cc2C)c1C. The van der Waals surface area contributed by atoms with E-state index in [-0.39, 0.29) is 12.3 Å². The number of aromatic nitrogens is 1. The number of hydrogen-bond donors (Lipinski definition) is 2. The second kappa shape index (κ2) is 8.53. The first kappa shape index (κ1) is 20.2. The smallest absolute Gasteiger partial charge is 0.355 e. The molecule has 144 valence electrons. The van der Waals surface area contributed by atoms with Gasteiger partial charge in [-0.1, -0.05) is 17.7 Å². The molecule has 0 spiro atoms. The highest BCUT2D eigenvalue weighted by molar-refractivity contribution is 6.00. The number of carbonyl (C=O) groups excluding carboxylic acids is 3. The molecule has 27 heavy (non-hydrogen) atoms. The van der Waals surface area contributed by atoms with Crippen LogP contribution in [0.4, 0.5) is 5.69 Å². The zero-order chi connectivity index (χ0) is 20.1. The second-order valence-electron chi connectivity index (χ2n) is 6.29. The van der Waals surface area contributed by atoms with Gasteiger partial charge in [0.2, 0.25) is 0 Å². The quantitative estimate of drug-likeness (QED) is 0.759. The Kier molecular flexibility index (Phi) is 6.39. The Morgan fingerprint density at radius 3 is 2.37 bits per heavy atom. The van der Waals surface area contributed by atoms with Crippen LogP contribution in [0.15, 0.2) is 18.2 Å². The van der Waals surface area contributed by atoms with Crippen LogP contribution in [-0.4, -0.2) is 36.0 Å². The molecule has 0 saturated heterocycles. The van der Waals surface area contributed by atoms with E-state index in [1.807, 2.05) is 26.0 Å². The van der Waals surface area contributed by atoms with Gasteiger partial charge in [0.1, 0.15) is 5.69 Å². The zero-order valence-corrected chi connectivity index (χ0v) is 16.2. The van der Waals surface area contributed by atoms with Gasteiger partial charge in [0.25, 0.3) is 5.91 Å². The molecular formula is C20H24N2O5. The summed E-state index contributed by atoms with van der Waals surface area (Å²) in [4.78, 5) is 39.2. The number of amides is 1. The van der Waals surface area contributed by atoms with Gasteiger partial charge < -0.3 is 19.8 Å². The first-order valence-corrected chi connectivity index (χ1v) is 8.65. The third kappa shape index (κ3) is 4.75. The minimum absolute atomic E-state index is 0.134. The lowest BCUT2D eigenvalue weighted by molar-refractivity contribution is -0.119. The summed E-state index contributed by atoms with van der Waals surface area (Å²) < 4.78 is 10.1. The summed E-state index contributed by atoms with van der Waals surface area (Å²) in [5, 5.41) is 2.71. The highest BCUT2D eigenvalue weighted by atomic mass is 16.5. The van der Waals surface area contributed by atoms with Gasteiger partial charge >= 0.3 is 11.9 Å². The minimum Gasteiger partial charge on any atom is -0.462 e. The van der Waals surface area contributed by atoms with Crippen LogP contribution in [0.5, 0.6) is 0 Å². The summed E-state index contributed by atoms with van der Waals surface area (Å²) in [5.74, 6) is -1.65. The fourth-order valence-corrected chi connectivity index (χ4v) is 2.81. The van der Waals surface area contributed by atoms with Crippen molar-refractivity contribution in [3.05, 3.63) is 51.8 Å². The number of ether oxygens (including phenoxy) is 2. The molecule has 0 fully saturated rings. The Morgan fingerprint density at radius 2 is 1.74 bits per heavy atom. The van der Waals surface area contributed by atoms with E-state index >= 15 is 0 Å². The Balaban J connectivity index is 2.02. The van der Waals surface area contributed by atoms with Crippen molar-refractivity contribution < 1.29 is 23.9 Å². The van der Waals surface area contributed by atoms with E-state index in [0.29, 0.717) is 22.5 Å². The molecular weight excluding hydrogens is 348 g/mol. The van der Waals surface area contributed by atoms with E-state index in [2.05, 4.69) is 10.3 Å². The number of rotatable bonds is 6. The van der Waals surface area contributed by atoms with Crippen LogP contribution < -0.4 is 5.32 Å². The van der Waals surface area contributed by atoms with Crippen molar-refractivity contribution in [2.45, 2.75) is 34.6 Å². The van der Waals surface area contributed by atoms with Gasteiger partial charge in [-0.15, -0.1) is 0 Å². The number of nitrogens with one attached hydrogen (secondary N) is 2. The van der Waals surface area contributed by atoms with Crippen LogP contribution in [-0.2, 0) is 14.3 Å². The number of carbonyl (C=O) groups is 3. The van der Waals surface area contributed by atoms with Gasteiger partial charge in [0.15, 0.2) is 6.61 Å². The largest absolute Gasteiger partial charge is 0.462 e. The summed E-state index contributed by atoms with van der Waals surface area (Å²) in [6.07, 6.45) is 0. The topological polar surface area (TPSA) is 97.5 Å². The van der Waals surface area contributed by atoms with Gasteiger partial charge in [0, 0.05) is 11.4 Å². The molecule has 1 amide bonds. The fourth-order valence-electron chi connectivity index (χ4n) is 2.81. The lowest BCUT2D eigenvalue weighted by Crippen LogP contribution is -2.21. The molecule has 2 aromatic rings. The second-order valence-corrected chi connectivity index (χ2v) is 6.29. The van der Waals surface area contributed by atoms with Gasteiger partial charge in [-0.3, -0.25) is 4.79 Å². The molecule has 1 aromatic carbocycles. The van der Waals surface area contributed by atoms with Crippen LogP contribution in [0.2, 0.25) is 0 Å². The average molecular weight is 372 g/mol. The van der Waals surface area contributed by atoms with Crippen LogP contribution >= 0.6 is 0 Å². The third-order valence-electron chi connectivity index (χ3n) is 4.11. The minimum atomic E-state index is -0.707. The first-order valence-electron chi connectivity index (χ1n) is 8.65. The lowest BCUT2D eigenvalue weighted by Gasteiger charge is -2.09. The van der Waals surface area contributed by atoms with Crippen molar-refractivity contribution in [1.82, 2.24) is 4.98 Å². The van der Waals surface area contributed by atoms with Crippen molar-refractivity contribution in [2.75, 3.05) is 18.5 Å². The average Bonchev–Trinajstić information content (AvgIpc) is 2.90. The van der Waals surface area contributed by atoms with Crippen LogP contribution in [0.3, 0.4) is 0 Å². The molecule has 2 N–H and O–H groups in total. The molecule has 0 atom stereocenters. The van der Waals surface area contributed by atoms with E-state index in [1.54, 1.807) is 26.8 Å². The normalized spacial score (nSPS) is 10.4. The maximum absolute atomic E-state index is 12.3. The van der Waals surface area contributed by atoms with Crippen molar-refractivity contribution in [3.8, 4) is 0 Å². The monoisotopic (exact) mass is 372 g/mol. The number of aryl methyl sites for hydroxylation is 3. The van der Waals surface area contributed by atoms with E-state index < -0.39 is 24.5 Å².